The molecule has 0 bridgehead atoms. The van der Waals surface area contributed by atoms with Crippen LogP contribution < -0.4 is 10.0 Å². The van der Waals surface area contributed by atoms with Gasteiger partial charge in [-0.1, -0.05) is 6.92 Å². The lowest BCUT2D eigenvalue weighted by atomic mass is 9.99. The molecule has 1 aliphatic rings. The summed E-state index contributed by atoms with van der Waals surface area (Å²) in [4.78, 5) is 13.4. The highest BCUT2D eigenvalue weighted by Crippen LogP contribution is 2.32. The molecule has 3 heterocycles. The van der Waals surface area contributed by atoms with Crippen molar-refractivity contribution in [3.63, 3.8) is 0 Å². The van der Waals surface area contributed by atoms with Gasteiger partial charge < -0.3 is 4.90 Å². The van der Waals surface area contributed by atoms with Crippen molar-refractivity contribution in [2.45, 2.75) is 26.2 Å². The number of nitrogens with two attached hydrogens (primary N) is 1. The quantitative estimate of drug-likeness (QED) is 0.916. The summed E-state index contributed by atoms with van der Waals surface area (Å²) in [6, 6.07) is 2.17. The molecule has 0 radical (unpaired) electrons. The topological polar surface area (TPSA) is 89.2 Å². The van der Waals surface area contributed by atoms with E-state index in [9.17, 15) is 8.42 Å². The number of piperidine rings is 1. The summed E-state index contributed by atoms with van der Waals surface area (Å²) in [7, 11) is -3.38. The van der Waals surface area contributed by atoms with Gasteiger partial charge in [0.1, 0.15) is 17.0 Å². The molecule has 0 amide bonds. The zero-order valence-electron chi connectivity index (χ0n) is 12.5. The highest BCUT2D eigenvalue weighted by Gasteiger charge is 2.24. The van der Waals surface area contributed by atoms with Gasteiger partial charge in [0, 0.05) is 18.0 Å². The maximum absolute atomic E-state index is 11.2. The second-order valence-electron chi connectivity index (χ2n) is 5.74. The van der Waals surface area contributed by atoms with Crippen molar-refractivity contribution in [3.05, 3.63) is 17.3 Å². The SMILES string of the molecule is CCc1cc2c(N3CCC(CS(N)(=O)=O)CC3)ncnc2s1. The molecule has 120 valence electrons. The van der Waals surface area contributed by atoms with Crippen molar-refractivity contribution in [1.29, 1.82) is 0 Å². The minimum absolute atomic E-state index is 0.0818. The van der Waals surface area contributed by atoms with Crippen LogP contribution in [0.2, 0.25) is 0 Å². The predicted octanol–water partition coefficient (Wildman–Crippen LogP) is 1.76. The van der Waals surface area contributed by atoms with Gasteiger partial charge >= 0.3 is 0 Å². The monoisotopic (exact) mass is 340 g/mol. The van der Waals surface area contributed by atoms with Gasteiger partial charge in [-0.15, -0.1) is 11.3 Å². The second kappa shape index (κ2) is 6.10. The Balaban J connectivity index is 1.77. The maximum Gasteiger partial charge on any atom is 0.209 e. The van der Waals surface area contributed by atoms with Gasteiger partial charge in [0.2, 0.25) is 10.0 Å². The van der Waals surface area contributed by atoms with E-state index in [2.05, 4.69) is 27.9 Å². The molecule has 2 aromatic heterocycles. The summed E-state index contributed by atoms with van der Waals surface area (Å²) in [5.74, 6) is 1.20. The Labute approximate surface area is 134 Å². The minimum Gasteiger partial charge on any atom is -0.356 e. The average molecular weight is 340 g/mol. The molecule has 0 aliphatic carbocycles. The van der Waals surface area contributed by atoms with E-state index in [1.807, 2.05) is 0 Å². The van der Waals surface area contributed by atoms with Crippen LogP contribution in [0.4, 0.5) is 5.82 Å². The normalized spacial score (nSPS) is 17.3. The number of sulfonamides is 1. The number of aryl methyl sites for hydroxylation is 1. The van der Waals surface area contributed by atoms with Gasteiger partial charge in [-0.2, -0.15) is 0 Å². The summed E-state index contributed by atoms with van der Waals surface area (Å²) < 4.78 is 22.4. The lowest BCUT2D eigenvalue weighted by molar-refractivity contribution is 0.434. The van der Waals surface area contributed by atoms with Crippen molar-refractivity contribution in [3.8, 4) is 0 Å². The number of thiophene rings is 1. The fourth-order valence-electron chi connectivity index (χ4n) is 2.96. The first-order valence-electron chi connectivity index (χ1n) is 7.45. The molecule has 1 aliphatic heterocycles. The lowest BCUT2D eigenvalue weighted by Crippen LogP contribution is -2.37. The first-order chi connectivity index (χ1) is 10.5. The van der Waals surface area contributed by atoms with Gasteiger partial charge in [-0.05, 0) is 31.2 Å². The Bertz CT molecular complexity index is 764. The van der Waals surface area contributed by atoms with Crippen LogP contribution in [0.15, 0.2) is 12.4 Å². The Morgan fingerprint density at radius 1 is 1.36 bits per heavy atom. The van der Waals surface area contributed by atoms with Gasteiger partial charge in [0.15, 0.2) is 0 Å². The fourth-order valence-corrected chi connectivity index (χ4v) is 4.88. The van der Waals surface area contributed by atoms with Crippen LogP contribution in [-0.4, -0.2) is 37.2 Å². The number of hydrogen-bond acceptors (Lipinski definition) is 6. The molecule has 0 saturated carbocycles. The summed E-state index contributed by atoms with van der Waals surface area (Å²) in [5.41, 5.74) is 0. The van der Waals surface area contributed by atoms with Crippen LogP contribution >= 0.6 is 11.3 Å². The molecule has 0 spiro atoms. The maximum atomic E-state index is 11.2. The molecule has 2 N–H and O–H groups in total. The average Bonchev–Trinajstić information content (AvgIpc) is 2.89. The molecule has 1 fully saturated rings. The molecule has 0 atom stereocenters. The predicted molar refractivity (Wildman–Crippen MR) is 89.7 cm³/mol. The van der Waals surface area contributed by atoms with Crippen molar-refractivity contribution in [2.24, 2.45) is 11.1 Å². The number of anilines is 1. The van der Waals surface area contributed by atoms with E-state index in [-0.39, 0.29) is 11.7 Å². The van der Waals surface area contributed by atoms with E-state index >= 15 is 0 Å². The first-order valence-corrected chi connectivity index (χ1v) is 9.98. The standard InChI is InChI=1S/C14H20N4O2S2/c1-2-11-7-12-13(16-9-17-14(12)21-11)18-5-3-10(4-6-18)8-22(15,19)20/h7,9-10H,2-6,8H2,1H3,(H2,15,19,20). The van der Waals surface area contributed by atoms with Crippen molar-refractivity contribution < 1.29 is 8.42 Å². The zero-order chi connectivity index (χ0) is 15.7. The molecular weight excluding hydrogens is 320 g/mol. The number of hydrogen-bond donors (Lipinski definition) is 1. The second-order valence-corrected chi connectivity index (χ2v) is 8.52. The van der Waals surface area contributed by atoms with E-state index in [0.717, 1.165) is 48.4 Å². The highest BCUT2D eigenvalue weighted by atomic mass is 32.2. The summed E-state index contributed by atoms with van der Waals surface area (Å²) in [5, 5.41) is 6.25. The van der Waals surface area contributed by atoms with Gasteiger partial charge in [0.05, 0.1) is 11.1 Å². The third kappa shape index (κ3) is 3.39. The Morgan fingerprint density at radius 3 is 2.73 bits per heavy atom. The number of primary sulfonamides is 1. The van der Waals surface area contributed by atoms with Crippen molar-refractivity contribution in [2.75, 3.05) is 23.7 Å². The molecule has 22 heavy (non-hydrogen) atoms. The third-order valence-corrected chi connectivity index (χ3v) is 6.21. The van der Waals surface area contributed by atoms with Crippen LogP contribution in [0.3, 0.4) is 0 Å². The molecule has 1 saturated heterocycles. The third-order valence-electron chi connectivity index (χ3n) is 4.09. The first kappa shape index (κ1) is 15.6. The summed E-state index contributed by atoms with van der Waals surface area (Å²) in [6.45, 7) is 3.75. The molecule has 8 heteroatoms. The molecule has 2 aromatic rings. The van der Waals surface area contributed by atoms with Crippen LogP contribution in [0, 0.1) is 5.92 Å². The van der Waals surface area contributed by atoms with Crippen LogP contribution in [0.25, 0.3) is 10.2 Å². The van der Waals surface area contributed by atoms with Gasteiger partial charge in [-0.25, -0.2) is 23.5 Å². The zero-order valence-corrected chi connectivity index (χ0v) is 14.2. The van der Waals surface area contributed by atoms with E-state index < -0.39 is 10.0 Å². The van der Waals surface area contributed by atoms with Crippen LogP contribution in [0.5, 0.6) is 0 Å². The van der Waals surface area contributed by atoms with E-state index in [0.29, 0.717) is 0 Å². The summed E-state index contributed by atoms with van der Waals surface area (Å²) >= 11 is 1.71. The molecular formula is C14H20N4O2S2. The lowest BCUT2D eigenvalue weighted by Gasteiger charge is -2.32. The van der Waals surface area contributed by atoms with Crippen molar-refractivity contribution >= 4 is 37.4 Å². The highest BCUT2D eigenvalue weighted by molar-refractivity contribution is 7.89. The number of aromatic nitrogens is 2. The van der Waals surface area contributed by atoms with Crippen LogP contribution in [-0.2, 0) is 16.4 Å². The number of nitrogens with zero attached hydrogens (tertiary/aromatic N) is 3. The molecule has 0 aromatic carbocycles. The Kier molecular flexibility index (Phi) is 4.33. The number of rotatable bonds is 4. The smallest absolute Gasteiger partial charge is 0.209 e. The molecule has 6 nitrogen and oxygen atoms in total. The van der Waals surface area contributed by atoms with Crippen LogP contribution in [0.1, 0.15) is 24.6 Å². The Morgan fingerprint density at radius 2 is 2.09 bits per heavy atom. The van der Waals surface area contributed by atoms with E-state index in [4.69, 9.17) is 5.14 Å². The number of fused-ring (bicyclic) bond motifs is 1. The molecule has 0 unspecified atom stereocenters. The Hall–Kier alpha value is -1.25. The van der Waals surface area contributed by atoms with Crippen molar-refractivity contribution in [1.82, 2.24) is 9.97 Å². The minimum atomic E-state index is -3.38. The van der Waals surface area contributed by atoms with E-state index in [1.54, 1.807) is 17.7 Å². The van der Waals surface area contributed by atoms with Gasteiger partial charge in [-0.3, -0.25) is 0 Å². The largest absolute Gasteiger partial charge is 0.356 e. The van der Waals surface area contributed by atoms with E-state index in [1.165, 1.54) is 4.88 Å². The van der Waals surface area contributed by atoms with Gasteiger partial charge in [0.25, 0.3) is 0 Å². The summed E-state index contributed by atoms with van der Waals surface area (Å²) in [6.07, 6.45) is 4.26. The molecule has 3 rings (SSSR count). The fraction of sp³-hybridized carbons (Fsp3) is 0.571.